The zero-order chi connectivity index (χ0) is 28.2. The summed E-state index contributed by atoms with van der Waals surface area (Å²) in [6.07, 6.45) is 1.04. The largest absolute Gasteiger partial charge is 0.376 e. The minimum Gasteiger partial charge on any atom is -0.376 e. The van der Waals surface area contributed by atoms with Crippen LogP contribution in [0.3, 0.4) is 0 Å². The number of para-hydroxylation sites is 1. The van der Waals surface area contributed by atoms with Crippen molar-refractivity contribution in [2.75, 3.05) is 24.7 Å². The molecule has 0 saturated heterocycles. The van der Waals surface area contributed by atoms with Gasteiger partial charge in [-0.1, -0.05) is 91.5 Å². The highest BCUT2D eigenvalue weighted by Gasteiger charge is 2.30. The molecule has 0 aliphatic rings. The Labute approximate surface area is 258 Å². The lowest BCUT2D eigenvalue weighted by molar-refractivity contribution is 0.0800. The molecule has 0 aliphatic heterocycles. The van der Waals surface area contributed by atoms with Crippen LogP contribution in [0, 0.1) is 5.41 Å². The van der Waals surface area contributed by atoms with E-state index in [0.29, 0.717) is 13.2 Å². The minimum absolute atomic E-state index is 0.0180. The number of thioether (sulfide) groups is 2. The quantitative estimate of drug-likeness (QED) is 0.101. The van der Waals surface area contributed by atoms with E-state index in [0.717, 1.165) is 33.4 Å². The van der Waals surface area contributed by atoms with Crippen molar-refractivity contribution in [3.05, 3.63) is 103 Å². The van der Waals surface area contributed by atoms with Crippen LogP contribution in [0.5, 0.6) is 0 Å². The second kappa shape index (κ2) is 12.7. The summed E-state index contributed by atoms with van der Waals surface area (Å²) in [6, 6.07) is 32.9. The molecule has 0 radical (unpaired) electrons. The Kier molecular flexibility index (Phi) is 8.84. The third kappa shape index (κ3) is 6.42. The predicted molar refractivity (Wildman–Crippen MR) is 184 cm³/mol. The molecule has 6 aromatic rings. The zero-order valence-corrected chi connectivity index (χ0v) is 26.7. The summed E-state index contributed by atoms with van der Waals surface area (Å²) >= 11 is 7.48. The van der Waals surface area contributed by atoms with Crippen molar-refractivity contribution < 1.29 is 4.74 Å². The molecule has 0 spiro atoms. The lowest BCUT2D eigenvalue weighted by Gasteiger charge is -2.32. The molecular weight excluding hydrogens is 579 g/mol. The van der Waals surface area contributed by atoms with E-state index >= 15 is 0 Å². The summed E-state index contributed by atoms with van der Waals surface area (Å²) < 4.78 is 11.3. The molecule has 2 heterocycles. The predicted octanol–water partition coefficient (Wildman–Crippen LogP) is 11.2. The van der Waals surface area contributed by atoms with Crippen molar-refractivity contribution in [2.24, 2.45) is 5.41 Å². The Morgan fingerprint density at radius 1 is 0.854 bits per heavy atom. The number of rotatable bonds is 12. The summed E-state index contributed by atoms with van der Waals surface area (Å²) in [6.45, 7) is 9.68. The van der Waals surface area contributed by atoms with E-state index in [4.69, 9.17) is 9.72 Å². The summed E-state index contributed by atoms with van der Waals surface area (Å²) in [5, 5.41) is 2.68. The van der Waals surface area contributed by atoms with Crippen LogP contribution in [-0.2, 0) is 4.74 Å². The number of thiazole rings is 1. The van der Waals surface area contributed by atoms with E-state index in [9.17, 15) is 0 Å². The molecule has 208 valence electrons. The minimum atomic E-state index is 0.0180. The lowest BCUT2D eigenvalue weighted by Crippen LogP contribution is -2.32. The van der Waals surface area contributed by atoms with Gasteiger partial charge in [-0.05, 0) is 54.8 Å². The number of aromatic nitrogens is 1. The van der Waals surface area contributed by atoms with Crippen LogP contribution in [0.4, 0.5) is 0 Å². The standard InChI is InChI=1S/C35H33NOS4/c1-4-35(21-37-20-24(2)3,23-39-34-36-30-16-6-8-18-32(30)41-34)22-38-26-12-9-11-25(19-26)27-14-10-15-29-28-13-5-7-17-31(28)40-33(27)29/h5-19H,2,4,20-23H2,1,3H3. The van der Waals surface area contributed by atoms with Crippen LogP contribution >= 0.6 is 46.2 Å². The molecule has 0 fully saturated rings. The number of hydrogen-bond acceptors (Lipinski definition) is 6. The fourth-order valence-electron chi connectivity index (χ4n) is 4.96. The molecule has 2 aromatic heterocycles. The number of hydrogen-bond donors (Lipinski definition) is 0. The number of thiophene rings is 1. The summed E-state index contributed by atoms with van der Waals surface area (Å²) in [7, 11) is 0. The van der Waals surface area contributed by atoms with Crippen molar-refractivity contribution in [1.82, 2.24) is 4.98 Å². The van der Waals surface area contributed by atoms with E-state index in [1.165, 1.54) is 40.9 Å². The molecule has 0 saturated carbocycles. The monoisotopic (exact) mass is 611 g/mol. The Balaban J connectivity index is 1.23. The van der Waals surface area contributed by atoms with Crippen LogP contribution in [0.2, 0.25) is 0 Å². The van der Waals surface area contributed by atoms with Gasteiger partial charge in [0.2, 0.25) is 0 Å². The molecule has 0 N–H and O–H groups in total. The first-order valence-electron chi connectivity index (χ1n) is 13.9. The molecule has 1 unspecified atom stereocenters. The Bertz CT molecular complexity index is 1790. The fourth-order valence-corrected chi connectivity index (χ4v) is 9.94. The van der Waals surface area contributed by atoms with Crippen LogP contribution in [0.15, 0.2) is 112 Å². The maximum absolute atomic E-state index is 6.22. The number of fused-ring (bicyclic) bond motifs is 4. The Morgan fingerprint density at radius 2 is 1.61 bits per heavy atom. The van der Waals surface area contributed by atoms with Crippen LogP contribution in [0.1, 0.15) is 20.3 Å². The van der Waals surface area contributed by atoms with Gasteiger partial charge in [-0.3, -0.25) is 0 Å². The third-order valence-corrected chi connectivity index (χ3v) is 12.5. The van der Waals surface area contributed by atoms with E-state index in [1.807, 2.05) is 41.8 Å². The molecule has 2 nitrogen and oxygen atoms in total. The highest BCUT2D eigenvalue weighted by Crippen LogP contribution is 2.42. The van der Waals surface area contributed by atoms with Gasteiger partial charge in [-0.2, -0.15) is 0 Å². The molecule has 6 rings (SSSR count). The average molecular weight is 612 g/mol. The van der Waals surface area contributed by atoms with Gasteiger partial charge in [-0.25, -0.2) is 4.98 Å². The molecule has 1 atom stereocenters. The molecule has 0 bridgehead atoms. The van der Waals surface area contributed by atoms with Crippen molar-refractivity contribution >= 4 is 76.6 Å². The maximum atomic E-state index is 6.22. The Hall–Kier alpha value is -2.61. The first-order valence-corrected chi connectivity index (χ1v) is 17.5. The molecule has 0 aliphatic carbocycles. The molecule has 6 heteroatoms. The number of benzene rings is 4. The van der Waals surface area contributed by atoms with E-state index in [1.54, 1.807) is 11.3 Å². The molecular formula is C35H33NOS4. The van der Waals surface area contributed by atoms with Gasteiger partial charge in [0.1, 0.15) is 0 Å². The first kappa shape index (κ1) is 28.5. The summed E-state index contributed by atoms with van der Waals surface area (Å²) in [5.74, 6) is 1.95. The smallest absolute Gasteiger partial charge is 0.151 e. The maximum Gasteiger partial charge on any atom is 0.151 e. The van der Waals surface area contributed by atoms with Crippen LogP contribution in [0.25, 0.3) is 41.5 Å². The highest BCUT2D eigenvalue weighted by atomic mass is 32.2. The average Bonchev–Trinajstić information content (AvgIpc) is 3.59. The normalized spacial score (nSPS) is 13.2. The highest BCUT2D eigenvalue weighted by molar-refractivity contribution is 8.01. The first-order chi connectivity index (χ1) is 20.0. The van der Waals surface area contributed by atoms with Crippen LogP contribution < -0.4 is 0 Å². The zero-order valence-electron chi connectivity index (χ0n) is 23.4. The van der Waals surface area contributed by atoms with Crippen molar-refractivity contribution in [3.8, 4) is 11.1 Å². The summed E-state index contributed by atoms with van der Waals surface area (Å²) in [4.78, 5) is 6.18. The van der Waals surface area contributed by atoms with Gasteiger partial charge in [-0.15, -0.1) is 34.4 Å². The van der Waals surface area contributed by atoms with Gasteiger partial charge in [0.15, 0.2) is 4.34 Å². The van der Waals surface area contributed by atoms with Gasteiger partial charge >= 0.3 is 0 Å². The van der Waals surface area contributed by atoms with E-state index < -0.39 is 0 Å². The van der Waals surface area contributed by atoms with Crippen LogP contribution in [-0.4, -0.2) is 29.7 Å². The third-order valence-electron chi connectivity index (χ3n) is 7.38. The SMILES string of the molecule is C=C(C)COCC(CC)(CSc1cccc(-c2cccc3c2sc2ccccc23)c1)CSc1nc2ccccc2s1. The topological polar surface area (TPSA) is 22.1 Å². The molecule has 0 amide bonds. The molecule has 4 aromatic carbocycles. The van der Waals surface area contributed by atoms with Gasteiger partial charge in [0.25, 0.3) is 0 Å². The Morgan fingerprint density at radius 3 is 2.44 bits per heavy atom. The number of nitrogens with zero attached hydrogens (tertiary/aromatic N) is 1. The van der Waals surface area contributed by atoms with Crippen molar-refractivity contribution in [2.45, 2.75) is 29.5 Å². The number of ether oxygens (including phenoxy) is 1. The van der Waals surface area contributed by atoms with Gasteiger partial charge in [0, 0.05) is 42.0 Å². The lowest BCUT2D eigenvalue weighted by atomic mass is 9.91. The van der Waals surface area contributed by atoms with E-state index in [2.05, 4.69) is 104 Å². The van der Waals surface area contributed by atoms with Crippen molar-refractivity contribution in [1.29, 1.82) is 0 Å². The van der Waals surface area contributed by atoms with Gasteiger partial charge < -0.3 is 4.74 Å². The van der Waals surface area contributed by atoms with Crippen molar-refractivity contribution in [3.63, 3.8) is 0 Å². The van der Waals surface area contributed by atoms with Gasteiger partial charge in [0.05, 0.1) is 23.4 Å². The van der Waals surface area contributed by atoms with E-state index in [-0.39, 0.29) is 5.41 Å². The summed E-state index contributed by atoms with van der Waals surface area (Å²) in [5.41, 5.74) is 4.75. The second-order valence-corrected chi connectivity index (χ2v) is 15.0. The molecule has 41 heavy (non-hydrogen) atoms. The second-order valence-electron chi connectivity index (χ2n) is 10.6. The fraction of sp³-hybridized carbons (Fsp3) is 0.229.